The summed E-state index contributed by atoms with van der Waals surface area (Å²) in [5.74, 6) is 0. The van der Waals surface area contributed by atoms with E-state index < -0.39 is 0 Å². The predicted octanol–water partition coefficient (Wildman–Crippen LogP) is 15.5. The van der Waals surface area contributed by atoms with E-state index in [1.807, 2.05) is 0 Å². The number of hydrogen-bond donors (Lipinski definition) is 0. The summed E-state index contributed by atoms with van der Waals surface area (Å²) in [6, 6.07) is 76.5. The van der Waals surface area contributed by atoms with E-state index >= 15 is 0 Å². The van der Waals surface area contributed by atoms with Gasteiger partial charge in [0, 0.05) is 33.9 Å². The Morgan fingerprint density at radius 1 is 0.286 bits per heavy atom. The summed E-state index contributed by atoms with van der Waals surface area (Å²) < 4.78 is 6.56. The first-order valence-electron chi connectivity index (χ1n) is 19.2. The second-order valence-corrected chi connectivity index (χ2v) is 14.5. The highest BCUT2D eigenvalue weighted by Gasteiger charge is 2.17. The van der Waals surface area contributed by atoms with E-state index in [4.69, 9.17) is 4.42 Å². The molecular formula is C54H35NO. The van der Waals surface area contributed by atoms with Gasteiger partial charge in [0.1, 0.15) is 11.2 Å². The van der Waals surface area contributed by atoms with Gasteiger partial charge in [-0.3, -0.25) is 0 Å². The van der Waals surface area contributed by atoms with E-state index in [1.165, 1.54) is 65.7 Å². The number of benzene rings is 10. The van der Waals surface area contributed by atoms with Gasteiger partial charge in [0.25, 0.3) is 0 Å². The molecule has 0 atom stereocenters. The zero-order valence-corrected chi connectivity index (χ0v) is 30.6. The van der Waals surface area contributed by atoms with Crippen molar-refractivity contribution in [3.05, 3.63) is 212 Å². The quantitative estimate of drug-likeness (QED) is 0.171. The van der Waals surface area contributed by atoms with Crippen molar-refractivity contribution in [3.8, 4) is 33.4 Å². The Kier molecular flexibility index (Phi) is 7.53. The molecule has 2 nitrogen and oxygen atoms in total. The van der Waals surface area contributed by atoms with Gasteiger partial charge in [-0.25, -0.2) is 0 Å². The molecule has 0 saturated carbocycles. The molecule has 0 aliphatic heterocycles. The summed E-state index contributed by atoms with van der Waals surface area (Å²) >= 11 is 0. The van der Waals surface area contributed by atoms with E-state index in [9.17, 15) is 0 Å². The van der Waals surface area contributed by atoms with E-state index in [0.29, 0.717) is 0 Å². The maximum Gasteiger partial charge on any atom is 0.137 e. The van der Waals surface area contributed by atoms with Crippen molar-refractivity contribution in [2.24, 2.45) is 0 Å². The van der Waals surface area contributed by atoms with Gasteiger partial charge in [0.2, 0.25) is 0 Å². The summed E-state index contributed by atoms with van der Waals surface area (Å²) in [6.45, 7) is 0. The number of rotatable bonds is 6. The molecule has 0 N–H and O–H groups in total. The third kappa shape index (κ3) is 5.51. The van der Waals surface area contributed by atoms with Crippen molar-refractivity contribution in [2.75, 3.05) is 4.90 Å². The Bertz CT molecular complexity index is 3230. The lowest BCUT2D eigenvalue weighted by molar-refractivity contribution is 0.669. The van der Waals surface area contributed by atoms with Crippen molar-refractivity contribution in [1.29, 1.82) is 0 Å². The van der Waals surface area contributed by atoms with Crippen molar-refractivity contribution >= 4 is 71.3 Å². The molecule has 0 spiro atoms. The maximum atomic E-state index is 6.56. The Balaban J connectivity index is 1.01. The number of fused-ring (bicyclic) bond motifs is 7. The monoisotopic (exact) mass is 713 g/mol. The van der Waals surface area contributed by atoms with Crippen LogP contribution in [0.15, 0.2) is 217 Å². The summed E-state index contributed by atoms with van der Waals surface area (Å²) in [7, 11) is 0. The van der Waals surface area contributed by atoms with Gasteiger partial charge in [0.15, 0.2) is 0 Å². The molecule has 10 aromatic carbocycles. The smallest absolute Gasteiger partial charge is 0.137 e. The Labute approximate surface area is 325 Å². The first-order chi connectivity index (χ1) is 27.7. The molecular weight excluding hydrogens is 679 g/mol. The molecule has 0 amide bonds. The topological polar surface area (TPSA) is 16.4 Å². The van der Waals surface area contributed by atoms with Gasteiger partial charge in [-0.05, 0) is 120 Å². The lowest BCUT2D eigenvalue weighted by Gasteiger charge is -2.26. The highest BCUT2D eigenvalue weighted by molar-refractivity contribution is 6.19. The van der Waals surface area contributed by atoms with Crippen LogP contribution >= 0.6 is 0 Å². The molecule has 2 heteroatoms. The van der Waals surface area contributed by atoms with Crippen LogP contribution in [-0.4, -0.2) is 0 Å². The van der Waals surface area contributed by atoms with Crippen LogP contribution in [-0.2, 0) is 0 Å². The lowest BCUT2D eigenvalue weighted by atomic mass is 9.97. The van der Waals surface area contributed by atoms with Gasteiger partial charge in [0.05, 0.1) is 0 Å². The fourth-order valence-corrected chi connectivity index (χ4v) is 8.43. The summed E-state index contributed by atoms with van der Waals surface area (Å²) in [5, 5.41) is 9.65. The molecule has 0 bridgehead atoms. The van der Waals surface area contributed by atoms with Crippen LogP contribution in [0.5, 0.6) is 0 Å². The molecule has 56 heavy (non-hydrogen) atoms. The van der Waals surface area contributed by atoms with E-state index in [-0.39, 0.29) is 0 Å². The van der Waals surface area contributed by atoms with Crippen LogP contribution < -0.4 is 4.90 Å². The lowest BCUT2D eigenvalue weighted by Crippen LogP contribution is -2.09. The maximum absolute atomic E-state index is 6.56. The standard InChI is InChI=1S/C54H35NO/c1-2-9-36(10-3-1)42-19-17-38-18-20-43(34-44(38)33-42)37-21-26-45(27-22-37)55(46-28-23-41(24-29-46)49-16-8-13-39-11-4-6-14-48(39)49)47-30-31-51-53(35-47)56-52-32-25-40-12-5-7-15-50(40)54(51)52/h1-35H. The van der Waals surface area contributed by atoms with Gasteiger partial charge >= 0.3 is 0 Å². The Morgan fingerprint density at radius 2 is 0.839 bits per heavy atom. The summed E-state index contributed by atoms with van der Waals surface area (Å²) in [4.78, 5) is 2.33. The Hall–Kier alpha value is -7.42. The summed E-state index contributed by atoms with van der Waals surface area (Å²) in [5.41, 5.74) is 12.2. The van der Waals surface area contributed by atoms with Gasteiger partial charge in [-0.2, -0.15) is 0 Å². The molecule has 11 aromatic rings. The minimum Gasteiger partial charge on any atom is -0.456 e. The van der Waals surface area contributed by atoms with E-state index in [2.05, 4.69) is 217 Å². The molecule has 1 aromatic heterocycles. The molecule has 0 aliphatic rings. The van der Waals surface area contributed by atoms with E-state index in [0.717, 1.165) is 39.0 Å². The first kappa shape index (κ1) is 32.0. The number of anilines is 3. The van der Waals surface area contributed by atoms with Crippen LogP contribution in [0.3, 0.4) is 0 Å². The van der Waals surface area contributed by atoms with Crippen molar-refractivity contribution in [2.45, 2.75) is 0 Å². The normalized spacial score (nSPS) is 11.6. The molecule has 0 fully saturated rings. The van der Waals surface area contributed by atoms with Crippen LogP contribution in [0.1, 0.15) is 0 Å². The van der Waals surface area contributed by atoms with Crippen LogP contribution in [0.25, 0.3) is 87.6 Å². The zero-order chi connectivity index (χ0) is 37.0. The fourth-order valence-electron chi connectivity index (χ4n) is 8.43. The number of hydrogen-bond acceptors (Lipinski definition) is 2. The molecule has 262 valence electrons. The molecule has 1 heterocycles. The summed E-state index contributed by atoms with van der Waals surface area (Å²) in [6.07, 6.45) is 0. The highest BCUT2D eigenvalue weighted by Crippen LogP contribution is 2.42. The molecule has 11 rings (SSSR count). The minimum absolute atomic E-state index is 0.869. The predicted molar refractivity (Wildman–Crippen MR) is 237 cm³/mol. The molecule has 0 aliphatic carbocycles. The number of nitrogens with zero attached hydrogens (tertiary/aromatic N) is 1. The van der Waals surface area contributed by atoms with E-state index in [1.54, 1.807) is 0 Å². The second kappa shape index (κ2) is 13.2. The van der Waals surface area contributed by atoms with Gasteiger partial charge in [-0.15, -0.1) is 0 Å². The first-order valence-corrected chi connectivity index (χ1v) is 19.2. The number of furan rings is 1. The van der Waals surface area contributed by atoms with Crippen LogP contribution in [0, 0.1) is 0 Å². The van der Waals surface area contributed by atoms with Gasteiger partial charge in [-0.1, -0.05) is 152 Å². The largest absolute Gasteiger partial charge is 0.456 e. The second-order valence-electron chi connectivity index (χ2n) is 14.5. The highest BCUT2D eigenvalue weighted by atomic mass is 16.3. The van der Waals surface area contributed by atoms with Crippen molar-refractivity contribution in [3.63, 3.8) is 0 Å². The van der Waals surface area contributed by atoms with Crippen LogP contribution in [0.2, 0.25) is 0 Å². The minimum atomic E-state index is 0.869. The Morgan fingerprint density at radius 3 is 1.57 bits per heavy atom. The average Bonchev–Trinajstić information content (AvgIpc) is 3.65. The average molecular weight is 714 g/mol. The van der Waals surface area contributed by atoms with Crippen molar-refractivity contribution < 1.29 is 4.42 Å². The molecule has 0 unspecified atom stereocenters. The zero-order valence-electron chi connectivity index (χ0n) is 30.6. The molecule has 0 radical (unpaired) electrons. The molecule has 0 saturated heterocycles. The third-order valence-corrected chi connectivity index (χ3v) is 11.2. The van der Waals surface area contributed by atoms with Gasteiger partial charge < -0.3 is 9.32 Å². The van der Waals surface area contributed by atoms with Crippen molar-refractivity contribution in [1.82, 2.24) is 0 Å². The van der Waals surface area contributed by atoms with Crippen LogP contribution in [0.4, 0.5) is 17.1 Å². The third-order valence-electron chi connectivity index (χ3n) is 11.2. The SMILES string of the molecule is c1ccc(-c2ccc3ccc(-c4ccc(N(c5ccc(-c6cccc7ccccc67)cc5)c5ccc6c(c5)oc5ccc7ccccc7c56)cc4)cc3c2)cc1. The fraction of sp³-hybridized carbons (Fsp3) is 0.